The largest absolute Gasteiger partial charge is 0.369 e. The van der Waals surface area contributed by atoms with Crippen LogP contribution in [-0.4, -0.2) is 32.2 Å². The molecule has 0 radical (unpaired) electrons. The van der Waals surface area contributed by atoms with Crippen LogP contribution in [0.4, 0.5) is 5.82 Å². The van der Waals surface area contributed by atoms with E-state index in [2.05, 4.69) is 27.3 Å². The summed E-state index contributed by atoms with van der Waals surface area (Å²) in [5, 5.41) is 7.14. The van der Waals surface area contributed by atoms with E-state index in [0.29, 0.717) is 17.2 Å². The van der Waals surface area contributed by atoms with E-state index in [1.165, 1.54) is 17.1 Å². The molecular formula is C11H14N6O. The van der Waals surface area contributed by atoms with Gasteiger partial charge in [0.2, 0.25) is 0 Å². The van der Waals surface area contributed by atoms with Crippen molar-refractivity contribution in [2.45, 2.75) is 13.3 Å². The van der Waals surface area contributed by atoms with Crippen LogP contribution in [0.2, 0.25) is 0 Å². The molecule has 1 amide bonds. The highest BCUT2D eigenvalue weighted by Crippen LogP contribution is 2.07. The monoisotopic (exact) mass is 246 g/mol. The fraction of sp³-hybridized carbons (Fsp3) is 0.273. The fourth-order valence-electron chi connectivity index (χ4n) is 1.38. The Labute approximate surface area is 104 Å². The van der Waals surface area contributed by atoms with Gasteiger partial charge in [0.1, 0.15) is 5.82 Å². The lowest BCUT2D eigenvalue weighted by Gasteiger charge is -2.05. The Hall–Kier alpha value is -2.44. The van der Waals surface area contributed by atoms with E-state index in [9.17, 15) is 4.79 Å². The van der Waals surface area contributed by atoms with Gasteiger partial charge in [-0.3, -0.25) is 9.78 Å². The molecule has 0 saturated carbocycles. The number of amides is 1. The van der Waals surface area contributed by atoms with Gasteiger partial charge in [-0.2, -0.15) is 5.10 Å². The number of nitrogens with zero attached hydrogens (tertiary/aromatic N) is 4. The topological polar surface area (TPSA) is 98.7 Å². The second kappa shape index (κ2) is 5.26. The highest BCUT2D eigenvalue weighted by Gasteiger charge is 2.07. The molecule has 7 nitrogen and oxygen atoms in total. The highest BCUT2D eigenvalue weighted by atomic mass is 16.1. The second-order valence-corrected chi connectivity index (χ2v) is 3.73. The number of carbonyl (C=O) groups is 1. The summed E-state index contributed by atoms with van der Waals surface area (Å²) < 4.78 is 1.46. The van der Waals surface area contributed by atoms with Crippen LogP contribution >= 0.6 is 0 Å². The van der Waals surface area contributed by atoms with Gasteiger partial charge in [0.15, 0.2) is 5.82 Å². The molecule has 7 heteroatoms. The van der Waals surface area contributed by atoms with Crippen LogP contribution in [0.25, 0.3) is 5.82 Å². The van der Waals surface area contributed by atoms with Gasteiger partial charge in [-0.1, -0.05) is 6.92 Å². The minimum absolute atomic E-state index is 0.337. The standard InChI is InChI=1S/C11H14N6O/c1-2-3-14-9-5-13-6-10(16-9)17-7-8(4-15-17)11(12)18/h4-7H,2-3H2,1H3,(H2,12,18)(H,14,16). The first-order valence-corrected chi connectivity index (χ1v) is 5.61. The van der Waals surface area contributed by atoms with E-state index in [0.717, 1.165) is 13.0 Å². The first kappa shape index (κ1) is 12.0. The van der Waals surface area contributed by atoms with Gasteiger partial charge in [0.05, 0.1) is 24.2 Å². The van der Waals surface area contributed by atoms with E-state index >= 15 is 0 Å². The third-order valence-electron chi connectivity index (χ3n) is 2.28. The smallest absolute Gasteiger partial charge is 0.251 e. The molecule has 0 bridgehead atoms. The Balaban J connectivity index is 2.23. The molecule has 0 aliphatic heterocycles. The molecule has 0 unspecified atom stereocenters. The quantitative estimate of drug-likeness (QED) is 0.804. The SMILES string of the molecule is CCCNc1cncc(-n2cc(C(N)=O)cn2)n1. The summed E-state index contributed by atoms with van der Waals surface area (Å²) in [4.78, 5) is 19.4. The normalized spacial score (nSPS) is 10.3. The Bertz CT molecular complexity index is 550. The van der Waals surface area contributed by atoms with Crippen molar-refractivity contribution in [2.24, 2.45) is 5.73 Å². The van der Waals surface area contributed by atoms with Crippen molar-refractivity contribution in [1.29, 1.82) is 0 Å². The molecule has 2 aromatic rings. The second-order valence-electron chi connectivity index (χ2n) is 3.73. The zero-order valence-corrected chi connectivity index (χ0v) is 10.00. The Kier molecular flexibility index (Phi) is 3.52. The van der Waals surface area contributed by atoms with E-state index < -0.39 is 5.91 Å². The van der Waals surface area contributed by atoms with Gasteiger partial charge < -0.3 is 11.1 Å². The van der Waals surface area contributed by atoms with Crippen molar-refractivity contribution >= 4 is 11.7 Å². The van der Waals surface area contributed by atoms with E-state index in [4.69, 9.17) is 5.73 Å². The van der Waals surface area contributed by atoms with Crippen molar-refractivity contribution in [3.05, 3.63) is 30.4 Å². The maximum Gasteiger partial charge on any atom is 0.251 e. The number of hydrogen-bond donors (Lipinski definition) is 2. The Morgan fingerprint density at radius 3 is 2.94 bits per heavy atom. The average Bonchev–Trinajstić information content (AvgIpc) is 2.86. The predicted octanol–water partition coefficient (Wildman–Crippen LogP) is 0.583. The van der Waals surface area contributed by atoms with Gasteiger partial charge in [-0.05, 0) is 6.42 Å². The molecule has 2 heterocycles. The van der Waals surface area contributed by atoms with Gasteiger partial charge >= 0.3 is 0 Å². The van der Waals surface area contributed by atoms with Gasteiger partial charge in [0.25, 0.3) is 5.91 Å². The molecule has 2 rings (SSSR count). The van der Waals surface area contributed by atoms with Crippen LogP contribution in [0.3, 0.4) is 0 Å². The van der Waals surface area contributed by atoms with Crippen molar-refractivity contribution in [3.63, 3.8) is 0 Å². The summed E-state index contributed by atoms with van der Waals surface area (Å²) >= 11 is 0. The molecule has 0 aliphatic carbocycles. The van der Waals surface area contributed by atoms with Crippen LogP contribution in [0, 0.1) is 0 Å². The van der Waals surface area contributed by atoms with Gasteiger partial charge in [-0.15, -0.1) is 0 Å². The van der Waals surface area contributed by atoms with Crippen LogP contribution in [0.1, 0.15) is 23.7 Å². The maximum atomic E-state index is 11.0. The average molecular weight is 246 g/mol. The summed E-state index contributed by atoms with van der Waals surface area (Å²) in [7, 11) is 0. The molecule has 0 spiro atoms. The summed E-state index contributed by atoms with van der Waals surface area (Å²) in [5.74, 6) is 0.684. The molecule has 3 N–H and O–H groups in total. The third kappa shape index (κ3) is 2.62. The molecule has 18 heavy (non-hydrogen) atoms. The van der Waals surface area contributed by atoms with Crippen LogP contribution in [-0.2, 0) is 0 Å². The first-order valence-electron chi connectivity index (χ1n) is 5.61. The van der Waals surface area contributed by atoms with E-state index in [1.54, 1.807) is 12.4 Å². The van der Waals surface area contributed by atoms with Crippen molar-refractivity contribution in [2.75, 3.05) is 11.9 Å². The lowest BCUT2D eigenvalue weighted by Crippen LogP contribution is -2.09. The molecule has 0 saturated heterocycles. The number of hydrogen-bond acceptors (Lipinski definition) is 5. The highest BCUT2D eigenvalue weighted by molar-refractivity contribution is 5.92. The lowest BCUT2D eigenvalue weighted by atomic mass is 10.3. The lowest BCUT2D eigenvalue weighted by molar-refractivity contribution is 0.100. The molecule has 0 aliphatic rings. The van der Waals surface area contributed by atoms with Gasteiger partial charge in [-0.25, -0.2) is 9.67 Å². The zero-order valence-electron chi connectivity index (χ0n) is 10.00. The maximum absolute atomic E-state index is 11.0. The van der Waals surface area contributed by atoms with E-state index in [-0.39, 0.29) is 0 Å². The van der Waals surface area contributed by atoms with E-state index in [1.807, 2.05) is 0 Å². The first-order chi connectivity index (χ1) is 8.70. The van der Waals surface area contributed by atoms with Crippen LogP contribution < -0.4 is 11.1 Å². The van der Waals surface area contributed by atoms with Crippen molar-refractivity contribution < 1.29 is 4.79 Å². The van der Waals surface area contributed by atoms with Crippen molar-refractivity contribution in [1.82, 2.24) is 19.7 Å². The summed E-state index contributed by atoms with van der Waals surface area (Å²) in [6.45, 7) is 2.89. The minimum atomic E-state index is -0.519. The molecule has 2 aromatic heterocycles. The summed E-state index contributed by atoms with van der Waals surface area (Å²) in [5.41, 5.74) is 5.50. The number of rotatable bonds is 5. The number of nitrogens with two attached hydrogens (primary N) is 1. The molecule has 0 atom stereocenters. The Morgan fingerprint density at radius 1 is 1.44 bits per heavy atom. The number of primary amides is 1. The van der Waals surface area contributed by atoms with Crippen LogP contribution in [0.15, 0.2) is 24.8 Å². The molecular weight excluding hydrogens is 232 g/mol. The minimum Gasteiger partial charge on any atom is -0.369 e. The Morgan fingerprint density at radius 2 is 2.28 bits per heavy atom. The zero-order chi connectivity index (χ0) is 13.0. The fourth-order valence-corrected chi connectivity index (χ4v) is 1.38. The molecule has 94 valence electrons. The predicted molar refractivity (Wildman–Crippen MR) is 66.5 cm³/mol. The number of carbonyl (C=O) groups excluding carboxylic acids is 1. The number of anilines is 1. The number of aromatic nitrogens is 4. The van der Waals surface area contributed by atoms with Crippen molar-refractivity contribution in [3.8, 4) is 5.82 Å². The molecule has 0 aromatic carbocycles. The summed E-state index contributed by atoms with van der Waals surface area (Å²) in [6, 6.07) is 0. The van der Waals surface area contributed by atoms with Crippen LogP contribution in [0.5, 0.6) is 0 Å². The van der Waals surface area contributed by atoms with Gasteiger partial charge in [0, 0.05) is 12.7 Å². The summed E-state index contributed by atoms with van der Waals surface area (Å²) in [6.07, 6.45) is 7.12. The number of nitrogens with one attached hydrogen (secondary N) is 1. The molecule has 0 fully saturated rings. The third-order valence-corrected chi connectivity index (χ3v) is 2.28.